The van der Waals surface area contributed by atoms with Crippen LogP contribution in [0.1, 0.15) is 0 Å². The Morgan fingerprint density at radius 3 is 2.58 bits per heavy atom. The molecule has 0 rings (SSSR count). The van der Waals surface area contributed by atoms with Gasteiger partial charge in [-0.3, -0.25) is 0 Å². The number of ether oxygens (including phenoxy) is 1. The van der Waals surface area contributed by atoms with Crippen LogP contribution in [0.4, 0.5) is 4.39 Å². The molecule has 4 heteroatoms. The quantitative estimate of drug-likeness (QED) is 0.534. The normalized spacial score (nSPS) is 11.0. The summed E-state index contributed by atoms with van der Waals surface area (Å²) in [5, 5.41) is 2.91. The molecular formula is C8H19FN2O. The van der Waals surface area contributed by atoms with Crippen molar-refractivity contribution in [3.05, 3.63) is 0 Å². The van der Waals surface area contributed by atoms with Gasteiger partial charge in [0.1, 0.15) is 6.67 Å². The van der Waals surface area contributed by atoms with Gasteiger partial charge in [0.05, 0.1) is 13.2 Å². The van der Waals surface area contributed by atoms with Crippen LogP contribution in [0, 0.1) is 0 Å². The van der Waals surface area contributed by atoms with E-state index in [0.29, 0.717) is 13.2 Å². The summed E-state index contributed by atoms with van der Waals surface area (Å²) in [6, 6.07) is 0. The second kappa shape index (κ2) is 8.90. The van der Waals surface area contributed by atoms with Crippen molar-refractivity contribution in [3.63, 3.8) is 0 Å². The van der Waals surface area contributed by atoms with Gasteiger partial charge in [0.2, 0.25) is 0 Å². The van der Waals surface area contributed by atoms with Gasteiger partial charge in [-0.25, -0.2) is 4.39 Å². The third-order valence-electron chi connectivity index (χ3n) is 1.38. The maximum absolute atomic E-state index is 11.6. The Bertz CT molecular complexity index is 91.1. The highest BCUT2D eigenvalue weighted by Gasteiger charge is 1.90. The lowest BCUT2D eigenvalue weighted by Crippen LogP contribution is -2.24. The number of hydrogen-bond acceptors (Lipinski definition) is 3. The van der Waals surface area contributed by atoms with Gasteiger partial charge >= 0.3 is 0 Å². The van der Waals surface area contributed by atoms with Crippen LogP contribution < -0.4 is 5.32 Å². The Morgan fingerprint density at radius 2 is 2.00 bits per heavy atom. The lowest BCUT2D eigenvalue weighted by Gasteiger charge is -2.09. The molecule has 0 saturated carbocycles. The lowest BCUT2D eigenvalue weighted by atomic mass is 10.6. The molecule has 0 atom stereocenters. The minimum Gasteiger partial charge on any atom is -0.379 e. The van der Waals surface area contributed by atoms with Gasteiger partial charge in [0.25, 0.3) is 0 Å². The first-order chi connectivity index (χ1) is 5.77. The van der Waals surface area contributed by atoms with Gasteiger partial charge in [-0.1, -0.05) is 0 Å². The highest BCUT2D eigenvalue weighted by atomic mass is 19.1. The van der Waals surface area contributed by atoms with Gasteiger partial charge < -0.3 is 15.0 Å². The number of alkyl halides is 1. The van der Waals surface area contributed by atoms with Gasteiger partial charge in [-0.15, -0.1) is 0 Å². The zero-order valence-electron chi connectivity index (χ0n) is 7.98. The number of nitrogens with zero attached hydrogens (tertiary/aromatic N) is 1. The molecule has 0 amide bonds. The van der Waals surface area contributed by atoms with Crippen molar-refractivity contribution in [1.82, 2.24) is 10.2 Å². The molecule has 1 N–H and O–H groups in total. The second-order valence-corrected chi connectivity index (χ2v) is 2.85. The van der Waals surface area contributed by atoms with E-state index in [1.165, 1.54) is 0 Å². The molecule has 0 saturated heterocycles. The first kappa shape index (κ1) is 11.8. The van der Waals surface area contributed by atoms with Crippen molar-refractivity contribution in [2.24, 2.45) is 0 Å². The van der Waals surface area contributed by atoms with Gasteiger partial charge in [0, 0.05) is 19.6 Å². The SMILES string of the molecule is CN(C)CCOCCNCCF. The average Bonchev–Trinajstić information content (AvgIpc) is 2.02. The molecule has 0 spiro atoms. The predicted molar refractivity (Wildman–Crippen MR) is 48.2 cm³/mol. The maximum atomic E-state index is 11.6. The van der Waals surface area contributed by atoms with Gasteiger partial charge in [-0.05, 0) is 14.1 Å². The summed E-state index contributed by atoms with van der Waals surface area (Å²) in [5.41, 5.74) is 0. The third-order valence-corrected chi connectivity index (χ3v) is 1.38. The Balaban J connectivity index is 2.82. The van der Waals surface area contributed by atoms with E-state index in [-0.39, 0.29) is 6.67 Å². The maximum Gasteiger partial charge on any atom is 0.102 e. The molecule has 0 bridgehead atoms. The minimum absolute atomic E-state index is 0.308. The average molecular weight is 178 g/mol. The molecule has 74 valence electrons. The first-order valence-corrected chi connectivity index (χ1v) is 4.26. The number of hydrogen-bond donors (Lipinski definition) is 1. The van der Waals surface area contributed by atoms with E-state index in [0.717, 1.165) is 19.7 Å². The van der Waals surface area contributed by atoms with Crippen LogP contribution in [0.25, 0.3) is 0 Å². The van der Waals surface area contributed by atoms with Crippen molar-refractivity contribution >= 4 is 0 Å². The van der Waals surface area contributed by atoms with Crippen LogP contribution in [-0.2, 0) is 4.74 Å². The lowest BCUT2D eigenvalue weighted by molar-refractivity contribution is 0.119. The fourth-order valence-corrected chi connectivity index (χ4v) is 0.685. The highest BCUT2D eigenvalue weighted by molar-refractivity contribution is 4.45. The van der Waals surface area contributed by atoms with E-state index in [9.17, 15) is 4.39 Å². The van der Waals surface area contributed by atoms with Crippen LogP contribution in [0.15, 0.2) is 0 Å². The molecule has 0 fully saturated rings. The zero-order valence-corrected chi connectivity index (χ0v) is 7.98. The molecule has 0 unspecified atom stereocenters. The zero-order chi connectivity index (χ0) is 9.23. The van der Waals surface area contributed by atoms with Crippen LogP contribution >= 0.6 is 0 Å². The Morgan fingerprint density at radius 1 is 1.25 bits per heavy atom. The predicted octanol–water partition coefficient (Wildman–Crippen LogP) is 0.124. The topological polar surface area (TPSA) is 24.5 Å². The van der Waals surface area contributed by atoms with E-state index in [1.807, 2.05) is 14.1 Å². The fourth-order valence-electron chi connectivity index (χ4n) is 0.685. The van der Waals surface area contributed by atoms with Crippen LogP contribution in [-0.4, -0.2) is 58.5 Å². The molecule has 0 aromatic heterocycles. The molecule has 3 nitrogen and oxygen atoms in total. The van der Waals surface area contributed by atoms with Crippen LogP contribution in [0.3, 0.4) is 0 Å². The van der Waals surface area contributed by atoms with Gasteiger partial charge in [0.15, 0.2) is 0 Å². The molecule has 0 aliphatic rings. The molecule has 0 aliphatic heterocycles. The van der Waals surface area contributed by atoms with Crippen molar-refractivity contribution < 1.29 is 9.13 Å². The molecule has 0 aromatic rings. The molecule has 0 aromatic carbocycles. The monoisotopic (exact) mass is 178 g/mol. The number of rotatable bonds is 8. The Hall–Kier alpha value is -0.190. The standard InChI is InChI=1S/C8H19FN2O/c1-11(2)6-8-12-7-5-10-4-3-9/h10H,3-8H2,1-2H3. The minimum atomic E-state index is -0.308. The van der Waals surface area contributed by atoms with E-state index in [4.69, 9.17) is 4.74 Å². The summed E-state index contributed by atoms with van der Waals surface area (Å²) in [7, 11) is 4.01. The van der Waals surface area contributed by atoms with Crippen molar-refractivity contribution in [3.8, 4) is 0 Å². The Kier molecular flexibility index (Phi) is 8.76. The summed E-state index contributed by atoms with van der Waals surface area (Å²) >= 11 is 0. The van der Waals surface area contributed by atoms with Crippen LogP contribution in [0.2, 0.25) is 0 Å². The summed E-state index contributed by atoms with van der Waals surface area (Å²) in [6.45, 7) is 3.19. The highest BCUT2D eigenvalue weighted by Crippen LogP contribution is 1.77. The van der Waals surface area contributed by atoms with E-state index in [2.05, 4.69) is 10.2 Å². The molecular weight excluding hydrogens is 159 g/mol. The molecule has 0 radical (unpaired) electrons. The van der Waals surface area contributed by atoms with Crippen molar-refractivity contribution in [1.29, 1.82) is 0 Å². The molecule has 12 heavy (non-hydrogen) atoms. The summed E-state index contributed by atoms with van der Waals surface area (Å²) in [6.07, 6.45) is 0. The Labute approximate surface area is 73.9 Å². The third kappa shape index (κ3) is 9.81. The summed E-state index contributed by atoms with van der Waals surface area (Å²) < 4.78 is 16.8. The van der Waals surface area contributed by atoms with Gasteiger partial charge in [-0.2, -0.15) is 0 Å². The van der Waals surface area contributed by atoms with E-state index in [1.54, 1.807) is 0 Å². The van der Waals surface area contributed by atoms with Crippen molar-refractivity contribution in [2.75, 3.05) is 53.6 Å². The summed E-state index contributed by atoms with van der Waals surface area (Å²) in [5.74, 6) is 0. The van der Waals surface area contributed by atoms with E-state index >= 15 is 0 Å². The number of halogens is 1. The summed E-state index contributed by atoms with van der Waals surface area (Å²) in [4.78, 5) is 2.06. The van der Waals surface area contributed by atoms with Crippen molar-refractivity contribution in [2.45, 2.75) is 0 Å². The number of nitrogens with one attached hydrogen (secondary N) is 1. The largest absolute Gasteiger partial charge is 0.379 e. The number of likely N-dealkylation sites (N-methyl/N-ethyl adjacent to an activating group) is 1. The van der Waals surface area contributed by atoms with Crippen LogP contribution in [0.5, 0.6) is 0 Å². The molecule has 0 aliphatic carbocycles. The first-order valence-electron chi connectivity index (χ1n) is 4.26. The molecule has 0 heterocycles. The fraction of sp³-hybridized carbons (Fsp3) is 1.00. The second-order valence-electron chi connectivity index (χ2n) is 2.85. The van der Waals surface area contributed by atoms with E-state index < -0.39 is 0 Å². The smallest absolute Gasteiger partial charge is 0.102 e.